The number of halogens is 1. The van der Waals surface area contributed by atoms with E-state index in [9.17, 15) is 14.0 Å². The number of anilines is 1. The largest absolute Gasteiger partial charge is 0.480 e. The lowest BCUT2D eigenvalue weighted by Crippen LogP contribution is -2.60. The zero-order valence-electron chi connectivity index (χ0n) is 10.4. The Morgan fingerprint density at radius 1 is 1.40 bits per heavy atom. The van der Waals surface area contributed by atoms with Crippen LogP contribution in [0.2, 0.25) is 0 Å². The quantitative estimate of drug-likeness (QED) is 0.784. The number of carboxylic acids is 1. The van der Waals surface area contributed by atoms with Crippen LogP contribution in [0.3, 0.4) is 0 Å². The van der Waals surface area contributed by atoms with E-state index in [1.54, 1.807) is 6.07 Å². The molecule has 0 aliphatic heterocycles. The van der Waals surface area contributed by atoms with Crippen molar-refractivity contribution in [3.63, 3.8) is 0 Å². The van der Waals surface area contributed by atoms with Gasteiger partial charge in [0.15, 0.2) is 0 Å². The SMILES string of the molecule is N#Cc1cc(NC(=O)NC2(C(=O)O)CCC2)ccc1F. The summed E-state index contributed by atoms with van der Waals surface area (Å²) in [6, 6.07) is 4.50. The third kappa shape index (κ3) is 2.54. The van der Waals surface area contributed by atoms with E-state index in [0.29, 0.717) is 12.8 Å². The highest BCUT2D eigenvalue weighted by atomic mass is 19.1. The van der Waals surface area contributed by atoms with Gasteiger partial charge in [0.25, 0.3) is 0 Å². The van der Waals surface area contributed by atoms with Gasteiger partial charge in [0.1, 0.15) is 17.4 Å². The van der Waals surface area contributed by atoms with Crippen molar-refractivity contribution in [1.29, 1.82) is 5.26 Å². The van der Waals surface area contributed by atoms with Gasteiger partial charge in [-0.05, 0) is 37.5 Å². The molecule has 1 saturated carbocycles. The minimum Gasteiger partial charge on any atom is -0.480 e. The van der Waals surface area contributed by atoms with Crippen LogP contribution in [-0.4, -0.2) is 22.6 Å². The first kappa shape index (κ1) is 13.8. The lowest BCUT2D eigenvalue weighted by atomic mass is 9.77. The number of aliphatic carboxylic acids is 1. The van der Waals surface area contributed by atoms with Gasteiger partial charge in [0.05, 0.1) is 5.56 Å². The molecular weight excluding hydrogens is 265 g/mol. The van der Waals surface area contributed by atoms with E-state index < -0.39 is 23.4 Å². The summed E-state index contributed by atoms with van der Waals surface area (Å²) in [6.07, 6.45) is 1.49. The topological polar surface area (TPSA) is 102 Å². The zero-order chi connectivity index (χ0) is 14.8. The van der Waals surface area contributed by atoms with Crippen molar-refractivity contribution >= 4 is 17.7 Å². The van der Waals surface area contributed by atoms with Crippen molar-refractivity contribution in [3.05, 3.63) is 29.6 Å². The average molecular weight is 277 g/mol. The van der Waals surface area contributed by atoms with E-state index in [4.69, 9.17) is 10.4 Å². The number of amides is 2. The van der Waals surface area contributed by atoms with E-state index in [-0.39, 0.29) is 11.3 Å². The number of nitrogens with one attached hydrogen (secondary N) is 2. The smallest absolute Gasteiger partial charge is 0.329 e. The molecule has 104 valence electrons. The predicted molar refractivity (Wildman–Crippen MR) is 67.5 cm³/mol. The minimum absolute atomic E-state index is 0.195. The maximum absolute atomic E-state index is 13.1. The van der Waals surface area contributed by atoms with Crippen LogP contribution >= 0.6 is 0 Å². The summed E-state index contributed by atoms with van der Waals surface area (Å²) >= 11 is 0. The molecule has 0 radical (unpaired) electrons. The summed E-state index contributed by atoms with van der Waals surface area (Å²) in [5.41, 5.74) is -1.19. The van der Waals surface area contributed by atoms with E-state index in [1.165, 1.54) is 12.1 Å². The highest BCUT2D eigenvalue weighted by Gasteiger charge is 2.45. The van der Waals surface area contributed by atoms with E-state index in [0.717, 1.165) is 12.5 Å². The van der Waals surface area contributed by atoms with Crippen molar-refractivity contribution in [2.45, 2.75) is 24.8 Å². The van der Waals surface area contributed by atoms with Crippen molar-refractivity contribution in [3.8, 4) is 6.07 Å². The van der Waals surface area contributed by atoms with Crippen molar-refractivity contribution in [2.75, 3.05) is 5.32 Å². The number of carboxylic acid groups (broad SMARTS) is 1. The molecular formula is C13H12FN3O3. The molecule has 0 atom stereocenters. The Bertz CT molecular complexity index is 605. The molecule has 1 aromatic rings. The molecule has 2 rings (SSSR count). The lowest BCUT2D eigenvalue weighted by molar-refractivity contribution is -0.148. The van der Waals surface area contributed by atoms with E-state index in [2.05, 4.69) is 10.6 Å². The standard InChI is InChI=1S/C13H12FN3O3/c14-10-3-2-9(6-8(10)7-15)16-12(20)17-13(11(18)19)4-1-5-13/h2-3,6H,1,4-5H2,(H,18,19)(H2,16,17,20). The molecule has 0 unspecified atom stereocenters. The molecule has 1 fully saturated rings. The predicted octanol–water partition coefficient (Wildman–Crippen LogP) is 1.83. The molecule has 1 aromatic carbocycles. The van der Waals surface area contributed by atoms with Crippen LogP contribution in [0, 0.1) is 17.1 Å². The van der Waals surface area contributed by atoms with Gasteiger partial charge in [-0.25, -0.2) is 14.0 Å². The molecule has 7 heteroatoms. The van der Waals surface area contributed by atoms with Gasteiger partial charge in [0.2, 0.25) is 0 Å². The summed E-state index contributed by atoms with van der Waals surface area (Å²) in [6.45, 7) is 0. The van der Waals surface area contributed by atoms with Crippen LogP contribution in [0.5, 0.6) is 0 Å². The first-order chi connectivity index (χ1) is 9.47. The Hall–Kier alpha value is -2.62. The molecule has 1 aliphatic rings. The fourth-order valence-corrected chi connectivity index (χ4v) is 1.99. The first-order valence-electron chi connectivity index (χ1n) is 5.99. The van der Waals surface area contributed by atoms with Gasteiger partial charge in [-0.2, -0.15) is 5.26 Å². The van der Waals surface area contributed by atoms with Gasteiger partial charge < -0.3 is 15.7 Å². The highest BCUT2D eigenvalue weighted by molar-refractivity contribution is 5.94. The van der Waals surface area contributed by atoms with Gasteiger partial charge in [0, 0.05) is 5.69 Å². The Kier molecular flexibility index (Phi) is 3.57. The minimum atomic E-state index is -1.22. The average Bonchev–Trinajstić information content (AvgIpc) is 2.35. The molecule has 6 nitrogen and oxygen atoms in total. The number of nitrogens with zero attached hydrogens (tertiary/aromatic N) is 1. The monoisotopic (exact) mass is 277 g/mol. The zero-order valence-corrected chi connectivity index (χ0v) is 10.4. The van der Waals surface area contributed by atoms with Crippen LogP contribution < -0.4 is 10.6 Å². The summed E-state index contributed by atoms with van der Waals surface area (Å²) in [7, 11) is 0. The van der Waals surface area contributed by atoms with Crippen LogP contribution in [0.15, 0.2) is 18.2 Å². The molecule has 2 amide bonds. The van der Waals surface area contributed by atoms with Gasteiger partial charge in [-0.3, -0.25) is 0 Å². The summed E-state index contributed by atoms with van der Waals surface area (Å²) in [5, 5.41) is 22.6. The van der Waals surface area contributed by atoms with Crippen molar-refractivity contribution in [1.82, 2.24) is 5.32 Å². The molecule has 0 heterocycles. The summed E-state index contributed by atoms with van der Waals surface area (Å²) in [5.74, 6) is -1.75. The molecule has 0 aromatic heterocycles. The van der Waals surface area contributed by atoms with Gasteiger partial charge >= 0.3 is 12.0 Å². The number of nitriles is 1. The molecule has 1 aliphatic carbocycles. The van der Waals surface area contributed by atoms with Crippen molar-refractivity contribution in [2.24, 2.45) is 0 Å². The third-order valence-corrected chi connectivity index (χ3v) is 3.31. The second-order valence-corrected chi connectivity index (χ2v) is 4.63. The fraction of sp³-hybridized carbons (Fsp3) is 0.308. The molecule has 0 spiro atoms. The second kappa shape index (κ2) is 5.17. The highest BCUT2D eigenvalue weighted by Crippen LogP contribution is 2.32. The Labute approximate surface area is 114 Å². The maximum Gasteiger partial charge on any atom is 0.329 e. The number of urea groups is 1. The normalized spacial score (nSPS) is 15.6. The van der Waals surface area contributed by atoms with Gasteiger partial charge in [-0.15, -0.1) is 0 Å². The van der Waals surface area contributed by atoms with E-state index in [1.807, 2.05) is 0 Å². The maximum atomic E-state index is 13.1. The van der Waals surface area contributed by atoms with E-state index >= 15 is 0 Å². The summed E-state index contributed by atoms with van der Waals surface area (Å²) in [4.78, 5) is 22.8. The molecule has 0 bridgehead atoms. The van der Waals surface area contributed by atoms with Crippen LogP contribution in [0.1, 0.15) is 24.8 Å². The fourth-order valence-electron chi connectivity index (χ4n) is 1.99. The number of hydrogen-bond acceptors (Lipinski definition) is 3. The Balaban J connectivity index is 2.05. The number of benzene rings is 1. The molecule has 3 N–H and O–H groups in total. The lowest BCUT2D eigenvalue weighted by Gasteiger charge is -2.38. The van der Waals surface area contributed by atoms with Crippen LogP contribution in [0.4, 0.5) is 14.9 Å². The number of hydrogen-bond donors (Lipinski definition) is 3. The molecule has 0 saturated heterocycles. The summed E-state index contributed by atoms with van der Waals surface area (Å²) < 4.78 is 13.1. The third-order valence-electron chi connectivity index (χ3n) is 3.31. The Morgan fingerprint density at radius 3 is 2.60 bits per heavy atom. The number of carbonyl (C=O) groups is 2. The van der Waals surface area contributed by atoms with Crippen LogP contribution in [-0.2, 0) is 4.79 Å². The van der Waals surface area contributed by atoms with Gasteiger partial charge in [-0.1, -0.05) is 0 Å². The second-order valence-electron chi connectivity index (χ2n) is 4.63. The first-order valence-corrected chi connectivity index (χ1v) is 5.99. The molecule has 20 heavy (non-hydrogen) atoms. The van der Waals surface area contributed by atoms with Crippen molar-refractivity contribution < 1.29 is 19.1 Å². The number of rotatable bonds is 3. The van der Waals surface area contributed by atoms with Crippen LogP contribution in [0.25, 0.3) is 0 Å². The number of carbonyl (C=O) groups excluding carboxylic acids is 1. The Morgan fingerprint density at radius 2 is 2.10 bits per heavy atom.